The molecule has 0 aliphatic rings. The molecule has 0 bridgehead atoms. The molecule has 0 fully saturated rings. The third-order valence-corrected chi connectivity index (χ3v) is 3.77. The van der Waals surface area contributed by atoms with Crippen molar-refractivity contribution in [1.29, 1.82) is 0 Å². The molecular formula is C11H18N2S. The lowest BCUT2D eigenvalue weighted by Crippen LogP contribution is -1.98. The minimum atomic E-state index is 0.416. The van der Waals surface area contributed by atoms with Gasteiger partial charge in [0.05, 0.1) is 10.6 Å². The molecule has 0 spiro atoms. The van der Waals surface area contributed by atoms with Crippen LogP contribution >= 0.6 is 11.3 Å². The fourth-order valence-corrected chi connectivity index (χ4v) is 2.64. The molecule has 0 aliphatic carbocycles. The molecule has 2 nitrogen and oxygen atoms in total. The third kappa shape index (κ3) is 1.77. The van der Waals surface area contributed by atoms with Crippen LogP contribution in [-0.4, -0.2) is 0 Å². The van der Waals surface area contributed by atoms with E-state index < -0.39 is 0 Å². The second kappa shape index (κ2) is 4.05. The number of nitrogen functional groups attached to an aromatic ring is 1. The quantitative estimate of drug-likeness (QED) is 0.788. The number of hydrogen-bond acceptors (Lipinski definition) is 3. The van der Waals surface area contributed by atoms with E-state index >= 15 is 0 Å². The van der Waals surface area contributed by atoms with Crippen LogP contribution in [0, 0.1) is 19.8 Å². The highest BCUT2D eigenvalue weighted by Crippen LogP contribution is 2.37. The largest absolute Gasteiger partial charge is 0.404 e. The van der Waals surface area contributed by atoms with E-state index in [4.69, 9.17) is 11.5 Å². The first-order valence-electron chi connectivity index (χ1n) is 4.76. The highest BCUT2D eigenvalue weighted by Gasteiger charge is 2.15. The van der Waals surface area contributed by atoms with E-state index in [2.05, 4.69) is 27.7 Å². The predicted octanol–water partition coefficient (Wildman–Crippen LogP) is 2.90. The Kier molecular flexibility index (Phi) is 3.21. The minimum Gasteiger partial charge on any atom is -0.404 e. The number of rotatable bonds is 2. The van der Waals surface area contributed by atoms with Gasteiger partial charge in [-0.3, -0.25) is 0 Å². The fourth-order valence-electron chi connectivity index (χ4n) is 1.39. The molecule has 0 radical (unpaired) electrons. The number of thiophene rings is 1. The predicted molar refractivity (Wildman–Crippen MR) is 65.2 cm³/mol. The molecule has 1 aromatic rings. The van der Waals surface area contributed by atoms with Crippen molar-refractivity contribution in [2.75, 3.05) is 5.73 Å². The van der Waals surface area contributed by atoms with Gasteiger partial charge < -0.3 is 11.5 Å². The average Bonchev–Trinajstić information content (AvgIpc) is 2.35. The zero-order valence-corrected chi connectivity index (χ0v) is 10.0. The van der Waals surface area contributed by atoms with Gasteiger partial charge in [0.2, 0.25) is 0 Å². The van der Waals surface area contributed by atoms with E-state index in [1.54, 1.807) is 17.5 Å². The van der Waals surface area contributed by atoms with Crippen molar-refractivity contribution in [2.45, 2.75) is 27.7 Å². The Morgan fingerprint density at radius 2 is 1.93 bits per heavy atom. The highest BCUT2D eigenvalue weighted by molar-refractivity contribution is 7.13. The summed E-state index contributed by atoms with van der Waals surface area (Å²) in [4.78, 5) is 2.41. The summed E-state index contributed by atoms with van der Waals surface area (Å²) < 4.78 is 0. The molecular weight excluding hydrogens is 192 g/mol. The lowest BCUT2D eigenvalue weighted by molar-refractivity contribution is 0.856. The molecule has 1 rings (SSSR count). The summed E-state index contributed by atoms with van der Waals surface area (Å²) in [5, 5.41) is 0. The van der Waals surface area contributed by atoms with Crippen LogP contribution in [0.5, 0.6) is 0 Å². The molecule has 0 atom stereocenters. The van der Waals surface area contributed by atoms with E-state index in [-0.39, 0.29) is 0 Å². The summed E-state index contributed by atoms with van der Waals surface area (Å²) in [5.74, 6) is 0.416. The Balaban J connectivity index is 3.25. The minimum absolute atomic E-state index is 0.416. The summed E-state index contributed by atoms with van der Waals surface area (Å²) in [6, 6.07) is 0. The molecule has 0 unspecified atom stereocenters. The second-order valence-corrected chi connectivity index (χ2v) is 5.03. The zero-order valence-electron chi connectivity index (χ0n) is 9.22. The van der Waals surface area contributed by atoms with Gasteiger partial charge in [0.1, 0.15) is 0 Å². The van der Waals surface area contributed by atoms with Gasteiger partial charge in [-0.1, -0.05) is 13.8 Å². The number of aryl methyl sites for hydroxylation is 1. The van der Waals surface area contributed by atoms with Crippen molar-refractivity contribution >= 4 is 22.6 Å². The number of hydrogen-bond donors (Lipinski definition) is 2. The molecule has 1 aromatic heterocycles. The van der Waals surface area contributed by atoms with Gasteiger partial charge >= 0.3 is 0 Å². The topological polar surface area (TPSA) is 52.0 Å². The van der Waals surface area contributed by atoms with Gasteiger partial charge in [0, 0.05) is 4.88 Å². The van der Waals surface area contributed by atoms with Crippen LogP contribution in [0.1, 0.15) is 29.2 Å². The van der Waals surface area contributed by atoms with Crippen LogP contribution in [0.15, 0.2) is 6.20 Å². The van der Waals surface area contributed by atoms with Crippen molar-refractivity contribution in [1.82, 2.24) is 0 Å². The lowest BCUT2D eigenvalue weighted by Gasteiger charge is -2.09. The molecule has 3 heteroatoms. The maximum absolute atomic E-state index is 6.03. The Bertz CT molecular complexity index is 362. The van der Waals surface area contributed by atoms with Crippen LogP contribution in [-0.2, 0) is 0 Å². The molecule has 0 aliphatic heterocycles. The standard InChI is InChI=1S/C11H18N2S/c1-6(2)9(5-12)11-10(13)7(3)8(4)14-11/h5-6H,12-13H2,1-4H3/b9-5-. The first kappa shape index (κ1) is 11.1. The fraction of sp³-hybridized carbons (Fsp3) is 0.455. The van der Waals surface area contributed by atoms with E-state index in [1.165, 1.54) is 10.4 Å². The Morgan fingerprint density at radius 3 is 2.21 bits per heavy atom. The maximum atomic E-state index is 6.03. The summed E-state index contributed by atoms with van der Waals surface area (Å²) in [6.45, 7) is 8.40. The Labute approximate surface area is 89.6 Å². The molecule has 1 heterocycles. The summed E-state index contributed by atoms with van der Waals surface area (Å²) >= 11 is 1.73. The summed E-state index contributed by atoms with van der Waals surface area (Å²) in [5.41, 5.74) is 14.9. The zero-order chi connectivity index (χ0) is 10.9. The van der Waals surface area contributed by atoms with Crippen LogP contribution in [0.25, 0.3) is 5.57 Å². The van der Waals surface area contributed by atoms with Gasteiger partial charge in [-0.05, 0) is 37.1 Å². The van der Waals surface area contributed by atoms with Crippen LogP contribution in [0.4, 0.5) is 5.69 Å². The first-order valence-corrected chi connectivity index (χ1v) is 5.58. The van der Waals surface area contributed by atoms with Gasteiger partial charge in [-0.25, -0.2) is 0 Å². The van der Waals surface area contributed by atoms with Gasteiger partial charge in [0.15, 0.2) is 0 Å². The molecule has 0 aromatic carbocycles. The van der Waals surface area contributed by atoms with Crippen molar-refractivity contribution in [3.05, 3.63) is 21.5 Å². The molecule has 78 valence electrons. The van der Waals surface area contributed by atoms with E-state index in [9.17, 15) is 0 Å². The number of anilines is 1. The average molecular weight is 210 g/mol. The van der Waals surface area contributed by atoms with Gasteiger partial charge in [0.25, 0.3) is 0 Å². The van der Waals surface area contributed by atoms with Crippen molar-refractivity contribution < 1.29 is 0 Å². The van der Waals surface area contributed by atoms with Gasteiger partial charge in [-0.2, -0.15) is 0 Å². The summed E-state index contributed by atoms with van der Waals surface area (Å²) in [6.07, 6.45) is 1.67. The van der Waals surface area contributed by atoms with Gasteiger partial charge in [-0.15, -0.1) is 11.3 Å². The lowest BCUT2D eigenvalue weighted by atomic mass is 10.0. The Hall–Kier alpha value is -0.960. The molecule has 4 N–H and O–H groups in total. The maximum Gasteiger partial charge on any atom is 0.0554 e. The van der Waals surface area contributed by atoms with Crippen molar-refractivity contribution in [3.63, 3.8) is 0 Å². The SMILES string of the molecule is Cc1sc(/C(=C\N)C(C)C)c(N)c1C. The molecule has 0 saturated carbocycles. The smallest absolute Gasteiger partial charge is 0.0554 e. The van der Waals surface area contributed by atoms with Crippen molar-refractivity contribution in [3.8, 4) is 0 Å². The van der Waals surface area contributed by atoms with E-state index in [0.717, 1.165) is 16.1 Å². The Morgan fingerprint density at radius 1 is 1.36 bits per heavy atom. The van der Waals surface area contributed by atoms with Crippen LogP contribution in [0.2, 0.25) is 0 Å². The van der Waals surface area contributed by atoms with E-state index in [0.29, 0.717) is 5.92 Å². The highest BCUT2D eigenvalue weighted by atomic mass is 32.1. The summed E-state index contributed by atoms with van der Waals surface area (Å²) in [7, 11) is 0. The molecule has 0 amide bonds. The van der Waals surface area contributed by atoms with E-state index in [1.807, 2.05) is 0 Å². The molecule has 14 heavy (non-hydrogen) atoms. The monoisotopic (exact) mass is 210 g/mol. The third-order valence-electron chi connectivity index (χ3n) is 2.50. The van der Waals surface area contributed by atoms with Crippen molar-refractivity contribution in [2.24, 2.45) is 11.7 Å². The number of nitrogens with two attached hydrogens (primary N) is 2. The first-order chi connectivity index (χ1) is 6.49. The number of allylic oxidation sites excluding steroid dienone is 1. The second-order valence-electron chi connectivity index (χ2n) is 3.80. The molecule has 0 saturated heterocycles. The normalized spacial score (nSPS) is 12.5. The van der Waals surface area contributed by atoms with Crippen LogP contribution < -0.4 is 11.5 Å². The van der Waals surface area contributed by atoms with Crippen LogP contribution in [0.3, 0.4) is 0 Å².